The third-order valence-corrected chi connectivity index (χ3v) is 20.7. The standard InChI is InChI=1S/C80H51B4N5O2/c1-48-39-68-76-74(41-48)90-72-46-66-58(43-60(72)83(76)54-31-15-19-35-62(54)85(68)50-23-7-3-8-24-50)81-56-33-17-21-37-64(56)89-65-38-22-18-34-57(65)82-59-44-61-73(91-75-42-49(2)40-69-77(75)84(61)55-32-16-20-36-63(55)86(69)51-25-9-4-10-26-51)47-67(59)88(53-29-13-6-14-30-53)71-45-70(78(81)80(89)79(71)82)87(66)52-27-11-5-12-28-52/h3-47H,1-2H3. The molecule has 7 nitrogen and oxygen atoms in total. The summed E-state index contributed by atoms with van der Waals surface area (Å²) < 4.78 is 14.9. The maximum absolute atomic E-state index is 7.46. The zero-order chi connectivity index (χ0) is 59.5. The van der Waals surface area contributed by atoms with Crippen molar-refractivity contribution in [1.82, 2.24) is 0 Å². The number of rotatable bonds is 4. The summed E-state index contributed by atoms with van der Waals surface area (Å²) in [4.78, 5) is 12.6. The molecule has 0 N–H and O–H groups in total. The van der Waals surface area contributed by atoms with Crippen molar-refractivity contribution in [1.29, 1.82) is 0 Å². The Morgan fingerprint density at radius 3 is 0.879 bits per heavy atom. The van der Waals surface area contributed by atoms with E-state index in [4.69, 9.17) is 9.47 Å². The van der Waals surface area contributed by atoms with Crippen LogP contribution in [0.4, 0.5) is 85.3 Å². The fraction of sp³-hybridized carbons (Fsp3) is 0.0250. The molecule has 420 valence electrons. The van der Waals surface area contributed by atoms with Crippen molar-refractivity contribution in [2.75, 3.05) is 24.5 Å². The molecule has 0 radical (unpaired) electrons. The lowest BCUT2D eigenvalue weighted by Crippen LogP contribution is -2.69. The Morgan fingerprint density at radius 1 is 0.220 bits per heavy atom. The van der Waals surface area contributed by atoms with Crippen LogP contribution < -0.4 is 99.5 Å². The topological polar surface area (TPSA) is 34.7 Å². The molecule has 0 amide bonds. The first kappa shape index (κ1) is 49.7. The second kappa shape index (κ2) is 18.2. The summed E-state index contributed by atoms with van der Waals surface area (Å²) in [6, 6.07) is 102. The number of fused-ring (bicyclic) bond motifs is 18. The fourth-order valence-corrected chi connectivity index (χ4v) is 17.4. The first-order valence-corrected chi connectivity index (χ1v) is 31.8. The van der Waals surface area contributed by atoms with Gasteiger partial charge in [0.15, 0.2) is 0 Å². The van der Waals surface area contributed by atoms with Gasteiger partial charge in [-0.1, -0.05) is 158 Å². The van der Waals surface area contributed by atoms with Crippen LogP contribution in [0.1, 0.15) is 11.1 Å². The highest BCUT2D eigenvalue weighted by Gasteiger charge is 2.54. The zero-order valence-electron chi connectivity index (χ0n) is 49.8. The second-order valence-electron chi connectivity index (χ2n) is 25.6. The summed E-state index contributed by atoms with van der Waals surface area (Å²) >= 11 is 0. The monoisotopic (exact) mass is 1160 g/mol. The minimum absolute atomic E-state index is 0.0914. The number of benzene rings is 13. The average Bonchev–Trinajstić information content (AvgIpc) is 0.672. The Kier molecular flexibility index (Phi) is 9.93. The Labute approximate surface area is 529 Å². The summed E-state index contributed by atoms with van der Waals surface area (Å²) in [6.45, 7) is 3.90. The van der Waals surface area contributed by atoms with Crippen molar-refractivity contribution < 1.29 is 9.47 Å². The van der Waals surface area contributed by atoms with E-state index in [1.807, 2.05) is 0 Å². The second-order valence-corrected chi connectivity index (χ2v) is 25.6. The molecule has 0 bridgehead atoms. The van der Waals surface area contributed by atoms with Crippen LogP contribution >= 0.6 is 0 Å². The van der Waals surface area contributed by atoms with Crippen molar-refractivity contribution in [3.05, 3.63) is 284 Å². The highest BCUT2D eigenvalue weighted by Crippen LogP contribution is 2.52. The number of para-hydroxylation sites is 8. The first-order valence-electron chi connectivity index (χ1n) is 31.8. The summed E-state index contributed by atoms with van der Waals surface area (Å²) in [5, 5.41) is 0. The predicted octanol–water partition coefficient (Wildman–Crippen LogP) is 11.8. The van der Waals surface area contributed by atoms with Gasteiger partial charge in [0.2, 0.25) is 0 Å². The van der Waals surface area contributed by atoms with E-state index in [1.165, 1.54) is 94.0 Å². The molecule has 13 aromatic carbocycles. The highest BCUT2D eigenvalue weighted by molar-refractivity contribution is 7.06. The molecular weight excluding hydrogens is 1110 g/mol. The molecule has 0 aliphatic carbocycles. The maximum atomic E-state index is 7.46. The van der Waals surface area contributed by atoms with Crippen molar-refractivity contribution in [3.8, 4) is 23.0 Å². The van der Waals surface area contributed by atoms with Gasteiger partial charge in [-0.25, -0.2) is 0 Å². The van der Waals surface area contributed by atoms with Crippen molar-refractivity contribution in [3.63, 3.8) is 0 Å². The molecule has 11 heteroatoms. The van der Waals surface area contributed by atoms with Gasteiger partial charge in [-0.2, -0.15) is 0 Å². The number of aryl methyl sites for hydroxylation is 2. The Hall–Kier alpha value is -11.3. The lowest BCUT2D eigenvalue weighted by Gasteiger charge is -2.51. The molecule has 0 saturated carbocycles. The number of hydrogen-bond acceptors (Lipinski definition) is 7. The minimum atomic E-state index is -0.152. The molecule has 0 atom stereocenters. The lowest BCUT2D eigenvalue weighted by atomic mass is 9.27. The van der Waals surface area contributed by atoms with E-state index in [9.17, 15) is 0 Å². The summed E-state index contributed by atoms with van der Waals surface area (Å²) in [5.74, 6) is 3.55. The number of ether oxygens (including phenoxy) is 2. The SMILES string of the molecule is Cc1cc2c3c(c1)N(c1ccccc1)c1ccccc1B3c1cc3c(cc1O2)N(c1ccccc1)c1cc2c4c5c1B3c1ccccc1N5c1ccccc1B4c1cc3c(cc1N2c1ccccc1)Oc1cc(C)cc2c1B3c1ccccc1N2c1ccccc1. The van der Waals surface area contributed by atoms with Gasteiger partial charge in [0.25, 0.3) is 26.9 Å². The molecule has 0 unspecified atom stereocenters. The van der Waals surface area contributed by atoms with E-state index in [2.05, 4.69) is 311 Å². The Morgan fingerprint density at radius 2 is 0.516 bits per heavy atom. The fourth-order valence-electron chi connectivity index (χ4n) is 17.4. The van der Waals surface area contributed by atoms with Crippen LogP contribution in [-0.2, 0) is 0 Å². The van der Waals surface area contributed by atoms with Gasteiger partial charge >= 0.3 is 0 Å². The van der Waals surface area contributed by atoms with Crippen molar-refractivity contribution in [2.45, 2.75) is 13.8 Å². The van der Waals surface area contributed by atoms with Crippen LogP contribution in [0.2, 0.25) is 0 Å². The van der Waals surface area contributed by atoms with Gasteiger partial charge in [-0.3, -0.25) is 0 Å². The minimum Gasteiger partial charge on any atom is -0.458 e. The molecule has 0 aromatic heterocycles. The average molecular weight is 1160 g/mol. The van der Waals surface area contributed by atoms with E-state index in [0.717, 1.165) is 91.0 Å². The summed E-state index contributed by atoms with van der Waals surface area (Å²) in [5.41, 5.74) is 34.4. The molecule has 0 fully saturated rings. The van der Waals surface area contributed by atoms with Crippen LogP contribution in [-0.4, -0.2) is 26.9 Å². The van der Waals surface area contributed by atoms with Crippen LogP contribution in [0.15, 0.2) is 273 Å². The Bertz CT molecular complexity index is 5030. The molecule has 8 aliphatic rings. The molecular formula is C80H51B4N5O2. The van der Waals surface area contributed by atoms with Crippen LogP contribution in [0.3, 0.4) is 0 Å². The van der Waals surface area contributed by atoms with Gasteiger partial charge in [0.05, 0.1) is 0 Å². The molecule has 8 heterocycles. The molecule has 13 aromatic rings. The largest absolute Gasteiger partial charge is 0.458 e. The van der Waals surface area contributed by atoms with Gasteiger partial charge < -0.3 is 34.0 Å². The zero-order valence-corrected chi connectivity index (χ0v) is 49.8. The van der Waals surface area contributed by atoms with E-state index in [0.29, 0.717) is 0 Å². The molecule has 21 rings (SSSR count). The Balaban J connectivity index is 0.842. The van der Waals surface area contributed by atoms with Crippen LogP contribution in [0, 0.1) is 13.8 Å². The van der Waals surface area contributed by atoms with Gasteiger partial charge in [-0.05, 0) is 194 Å². The summed E-state index contributed by atoms with van der Waals surface area (Å²) in [6.07, 6.45) is 0. The number of anilines is 15. The quantitative estimate of drug-likeness (QED) is 0.163. The highest BCUT2D eigenvalue weighted by atomic mass is 16.5. The molecule has 0 spiro atoms. The van der Waals surface area contributed by atoms with E-state index >= 15 is 0 Å². The van der Waals surface area contributed by atoms with Crippen molar-refractivity contribution in [2.24, 2.45) is 0 Å². The van der Waals surface area contributed by atoms with Gasteiger partial charge in [-0.15, -0.1) is 0 Å². The van der Waals surface area contributed by atoms with Crippen molar-refractivity contribution >= 4 is 178 Å². The number of hydrogen-bond donors (Lipinski definition) is 0. The van der Waals surface area contributed by atoms with E-state index < -0.39 is 0 Å². The summed E-state index contributed by atoms with van der Waals surface area (Å²) in [7, 11) is 0. The first-order chi connectivity index (χ1) is 45.0. The number of nitrogens with zero attached hydrogens (tertiary/aromatic N) is 5. The van der Waals surface area contributed by atoms with Gasteiger partial charge in [0, 0.05) is 97.4 Å². The molecule has 0 saturated heterocycles. The smallest absolute Gasteiger partial charge is 0.256 e. The van der Waals surface area contributed by atoms with Crippen LogP contribution in [0.5, 0.6) is 23.0 Å². The third kappa shape index (κ3) is 6.61. The molecule has 91 heavy (non-hydrogen) atoms. The lowest BCUT2D eigenvalue weighted by molar-refractivity contribution is 0.487. The predicted molar refractivity (Wildman–Crippen MR) is 381 cm³/mol. The maximum Gasteiger partial charge on any atom is 0.256 e. The molecule has 8 aliphatic heterocycles. The van der Waals surface area contributed by atoms with Gasteiger partial charge in [0.1, 0.15) is 23.0 Å². The third-order valence-electron chi connectivity index (χ3n) is 20.7. The van der Waals surface area contributed by atoms with E-state index in [1.54, 1.807) is 0 Å². The normalized spacial score (nSPS) is 14.5. The van der Waals surface area contributed by atoms with Crippen LogP contribution in [0.25, 0.3) is 0 Å². The van der Waals surface area contributed by atoms with E-state index in [-0.39, 0.29) is 26.9 Å².